The number of aromatic amines is 1. The lowest BCUT2D eigenvalue weighted by Gasteiger charge is -2.05. The van der Waals surface area contributed by atoms with Gasteiger partial charge in [0.25, 0.3) is 0 Å². The number of benzene rings is 1. The van der Waals surface area contributed by atoms with E-state index in [0.717, 1.165) is 15.7 Å². The van der Waals surface area contributed by atoms with Crippen LogP contribution >= 0.6 is 28.1 Å². The number of hydrogen-bond acceptors (Lipinski definition) is 1. The summed E-state index contributed by atoms with van der Waals surface area (Å²) in [6, 6.07) is 10.3. The van der Waals surface area contributed by atoms with E-state index in [1.54, 1.807) is 0 Å². The van der Waals surface area contributed by atoms with Gasteiger partial charge in [-0.2, -0.15) is 0 Å². The summed E-state index contributed by atoms with van der Waals surface area (Å²) in [5, 5.41) is 3.34. The Hall–Kier alpha value is -0.870. The van der Waals surface area contributed by atoms with Gasteiger partial charge in [0.2, 0.25) is 0 Å². The Morgan fingerprint density at radius 1 is 1.29 bits per heavy atom. The maximum Gasteiger partial charge on any atom is 0.122 e. The molecule has 0 aliphatic rings. The molecule has 4 heteroatoms. The number of rotatable bonds is 3. The van der Waals surface area contributed by atoms with Gasteiger partial charge in [-0.1, -0.05) is 54.1 Å². The summed E-state index contributed by atoms with van der Waals surface area (Å²) in [7, 11) is 0. The van der Waals surface area contributed by atoms with Crippen LogP contribution in [0, 0.1) is 4.64 Å². The van der Waals surface area contributed by atoms with Gasteiger partial charge in [0.05, 0.1) is 6.54 Å². The van der Waals surface area contributed by atoms with E-state index >= 15 is 0 Å². The molecule has 0 saturated carbocycles. The number of nitrogens with one attached hydrogen (secondary N) is 1. The predicted molar refractivity (Wildman–Crippen MR) is 76.9 cm³/mol. The number of nitrogens with zero attached hydrogens (tertiary/aromatic N) is 1. The molecule has 17 heavy (non-hydrogen) atoms. The predicted octanol–water partition coefficient (Wildman–Crippen LogP) is 4.48. The zero-order chi connectivity index (χ0) is 12.4. The lowest BCUT2D eigenvalue weighted by molar-refractivity contribution is 0.650. The number of halogens is 1. The van der Waals surface area contributed by atoms with Gasteiger partial charge in [0.1, 0.15) is 4.64 Å². The molecule has 0 bridgehead atoms. The first kappa shape index (κ1) is 12.6. The molecule has 0 radical (unpaired) electrons. The van der Waals surface area contributed by atoms with Crippen LogP contribution in [0.15, 0.2) is 34.8 Å². The van der Waals surface area contributed by atoms with E-state index in [2.05, 4.69) is 47.0 Å². The molecule has 0 unspecified atom stereocenters. The Labute approximate surface area is 115 Å². The van der Waals surface area contributed by atoms with Gasteiger partial charge in [-0.25, -0.2) is 0 Å². The Morgan fingerprint density at radius 2 is 1.94 bits per heavy atom. The second-order valence-corrected chi connectivity index (χ2v) is 5.75. The van der Waals surface area contributed by atoms with Crippen LogP contribution in [-0.4, -0.2) is 9.78 Å². The van der Waals surface area contributed by atoms with E-state index in [9.17, 15) is 0 Å². The standard InChI is InChI=1S/C13H15BrN2S/c1-9(2)12-7-13(17)16(15-12)8-10-3-5-11(14)6-4-10/h3-7,9,15H,8H2,1-2H3. The minimum atomic E-state index is 0.475. The molecular formula is C13H15BrN2S. The van der Waals surface area contributed by atoms with E-state index in [1.807, 2.05) is 22.9 Å². The third-order valence-electron chi connectivity index (χ3n) is 2.69. The maximum absolute atomic E-state index is 5.34. The van der Waals surface area contributed by atoms with Crippen LogP contribution in [0.4, 0.5) is 0 Å². The maximum atomic E-state index is 5.34. The fourth-order valence-electron chi connectivity index (χ4n) is 1.64. The van der Waals surface area contributed by atoms with Crippen molar-refractivity contribution >= 4 is 28.1 Å². The van der Waals surface area contributed by atoms with Gasteiger partial charge < -0.3 is 5.10 Å². The van der Waals surface area contributed by atoms with Gasteiger partial charge in [-0.05, 0) is 29.7 Å². The molecule has 0 aliphatic heterocycles. The summed E-state index contributed by atoms with van der Waals surface area (Å²) in [5.41, 5.74) is 2.42. The fraction of sp³-hybridized carbons (Fsp3) is 0.308. The lowest BCUT2D eigenvalue weighted by Crippen LogP contribution is -2.02. The molecule has 0 spiro atoms. The van der Waals surface area contributed by atoms with E-state index in [-0.39, 0.29) is 0 Å². The van der Waals surface area contributed by atoms with Gasteiger partial charge in [0, 0.05) is 10.2 Å². The zero-order valence-corrected chi connectivity index (χ0v) is 12.3. The molecule has 2 nitrogen and oxygen atoms in total. The molecule has 2 rings (SSSR count). The third kappa shape index (κ3) is 3.07. The molecule has 0 saturated heterocycles. The first-order valence-electron chi connectivity index (χ1n) is 5.60. The third-order valence-corrected chi connectivity index (χ3v) is 3.55. The molecule has 2 aromatic rings. The van der Waals surface area contributed by atoms with Crippen molar-refractivity contribution in [3.8, 4) is 0 Å². The minimum Gasteiger partial charge on any atom is -0.301 e. The average Bonchev–Trinajstić information content (AvgIpc) is 2.64. The highest BCUT2D eigenvalue weighted by Gasteiger charge is 2.04. The zero-order valence-electron chi connectivity index (χ0n) is 9.90. The van der Waals surface area contributed by atoms with Crippen molar-refractivity contribution in [1.29, 1.82) is 0 Å². The molecule has 0 amide bonds. The first-order chi connectivity index (χ1) is 8.06. The second-order valence-electron chi connectivity index (χ2n) is 4.42. The van der Waals surface area contributed by atoms with Crippen molar-refractivity contribution in [3.63, 3.8) is 0 Å². The Bertz CT molecular complexity index is 552. The van der Waals surface area contributed by atoms with Crippen LogP contribution in [0.2, 0.25) is 0 Å². The fourth-order valence-corrected chi connectivity index (χ4v) is 2.14. The highest BCUT2D eigenvalue weighted by atomic mass is 79.9. The number of aromatic nitrogens is 2. The summed E-state index contributed by atoms with van der Waals surface area (Å²) < 4.78 is 3.96. The largest absolute Gasteiger partial charge is 0.301 e. The summed E-state index contributed by atoms with van der Waals surface area (Å²) >= 11 is 8.77. The van der Waals surface area contributed by atoms with Crippen LogP contribution in [0.25, 0.3) is 0 Å². The highest BCUT2D eigenvalue weighted by molar-refractivity contribution is 9.10. The molecule has 1 aromatic heterocycles. The Morgan fingerprint density at radius 3 is 2.47 bits per heavy atom. The van der Waals surface area contributed by atoms with E-state index in [4.69, 9.17) is 12.2 Å². The monoisotopic (exact) mass is 310 g/mol. The smallest absolute Gasteiger partial charge is 0.122 e. The molecule has 90 valence electrons. The molecule has 1 heterocycles. The molecular weight excluding hydrogens is 296 g/mol. The highest BCUT2D eigenvalue weighted by Crippen LogP contribution is 2.15. The lowest BCUT2D eigenvalue weighted by atomic mass is 10.1. The van der Waals surface area contributed by atoms with Crippen molar-refractivity contribution in [1.82, 2.24) is 9.78 Å². The molecule has 0 aliphatic carbocycles. The molecule has 1 N–H and O–H groups in total. The quantitative estimate of drug-likeness (QED) is 0.829. The molecule has 1 aromatic carbocycles. The Balaban J connectivity index is 2.24. The topological polar surface area (TPSA) is 20.7 Å². The summed E-state index contributed by atoms with van der Waals surface area (Å²) in [6.07, 6.45) is 0. The molecule has 0 atom stereocenters. The van der Waals surface area contributed by atoms with Crippen molar-refractivity contribution in [2.24, 2.45) is 0 Å². The second kappa shape index (κ2) is 5.19. The number of hydrogen-bond donors (Lipinski definition) is 1. The summed E-state index contributed by atoms with van der Waals surface area (Å²) in [5.74, 6) is 0.475. The van der Waals surface area contributed by atoms with Crippen molar-refractivity contribution in [3.05, 3.63) is 50.7 Å². The van der Waals surface area contributed by atoms with Gasteiger partial charge in [-0.15, -0.1) is 0 Å². The Kier molecular flexibility index (Phi) is 3.84. The van der Waals surface area contributed by atoms with Crippen LogP contribution in [-0.2, 0) is 6.54 Å². The van der Waals surface area contributed by atoms with Crippen molar-refractivity contribution in [2.75, 3.05) is 0 Å². The van der Waals surface area contributed by atoms with Crippen molar-refractivity contribution < 1.29 is 0 Å². The van der Waals surface area contributed by atoms with E-state index in [0.29, 0.717) is 5.92 Å². The summed E-state index contributed by atoms with van der Waals surface area (Å²) in [6.45, 7) is 5.11. The number of H-pyrrole nitrogens is 1. The molecule has 0 fully saturated rings. The van der Waals surface area contributed by atoms with Crippen molar-refractivity contribution in [2.45, 2.75) is 26.3 Å². The van der Waals surface area contributed by atoms with Crippen LogP contribution in [0.3, 0.4) is 0 Å². The van der Waals surface area contributed by atoms with E-state index < -0.39 is 0 Å². The van der Waals surface area contributed by atoms with Gasteiger partial charge in [-0.3, -0.25) is 4.68 Å². The van der Waals surface area contributed by atoms with Crippen LogP contribution in [0.5, 0.6) is 0 Å². The van der Waals surface area contributed by atoms with Crippen LogP contribution < -0.4 is 0 Å². The SMILES string of the molecule is CC(C)c1cc(=S)n(Cc2ccc(Br)cc2)[nH]1. The van der Waals surface area contributed by atoms with Crippen LogP contribution in [0.1, 0.15) is 31.0 Å². The van der Waals surface area contributed by atoms with Gasteiger partial charge >= 0.3 is 0 Å². The van der Waals surface area contributed by atoms with Gasteiger partial charge in [0.15, 0.2) is 0 Å². The minimum absolute atomic E-state index is 0.475. The summed E-state index contributed by atoms with van der Waals surface area (Å²) in [4.78, 5) is 0. The first-order valence-corrected chi connectivity index (χ1v) is 6.80. The average molecular weight is 311 g/mol. The normalized spacial score (nSPS) is 11.1. The van der Waals surface area contributed by atoms with E-state index in [1.165, 1.54) is 11.3 Å².